The summed E-state index contributed by atoms with van der Waals surface area (Å²) in [6.07, 6.45) is 2.60. The summed E-state index contributed by atoms with van der Waals surface area (Å²) < 4.78 is 29.6. The molecule has 2 aliphatic heterocycles. The zero-order chi connectivity index (χ0) is 21.7. The topological polar surface area (TPSA) is 78.5 Å². The predicted octanol–water partition coefficient (Wildman–Crippen LogP) is 3.09. The Bertz CT molecular complexity index is 782. The third-order valence-electron chi connectivity index (χ3n) is 5.90. The third kappa shape index (κ3) is 5.62. The second-order valence-electron chi connectivity index (χ2n) is 8.14. The molecule has 2 fully saturated rings. The molecule has 2 aliphatic rings. The van der Waals surface area contributed by atoms with E-state index in [1.165, 1.54) is 0 Å². The Morgan fingerprint density at radius 1 is 1.23 bits per heavy atom. The molecule has 2 heterocycles. The maximum atomic E-state index is 14.8. The number of anilines is 1. The summed E-state index contributed by atoms with van der Waals surface area (Å²) in [6.45, 7) is 2.61. The molecule has 1 aromatic carbocycles. The molecule has 0 saturated carbocycles. The molecule has 2 unspecified atom stereocenters. The van der Waals surface area contributed by atoms with Crippen molar-refractivity contribution in [3.63, 3.8) is 0 Å². The van der Waals surface area contributed by atoms with Crippen LogP contribution in [0.25, 0.3) is 0 Å². The van der Waals surface area contributed by atoms with Crippen LogP contribution < -0.4 is 10.6 Å². The van der Waals surface area contributed by atoms with Crippen LogP contribution in [0.4, 0.5) is 14.5 Å². The van der Waals surface area contributed by atoms with Crippen molar-refractivity contribution < 1.29 is 23.2 Å². The number of Topliss-reactive ketones (excluding diaryl/α,β-unsaturated/α-hetero) is 1. The van der Waals surface area contributed by atoms with Gasteiger partial charge >= 0.3 is 0 Å². The number of hydrogen-bond donors (Lipinski definition) is 2. The maximum Gasteiger partial charge on any atom is 0.267 e. The molecule has 164 valence electrons. The van der Waals surface area contributed by atoms with Crippen LogP contribution in [0, 0.1) is 0 Å². The number of imide groups is 1. The predicted molar refractivity (Wildman–Crippen MR) is 110 cm³/mol. The van der Waals surface area contributed by atoms with Gasteiger partial charge in [0, 0.05) is 24.9 Å². The minimum absolute atomic E-state index is 0.169. The van der Waals surface area contributed by atoms with E-state index in [1.807, 2.05) is 6.92 Å². The zero-order valence-electron chi connectivity index (χ0n) is 17.3. The average Bonchev–Trinajstić information content (AvgIpc) is 2.70. The van der Waals surface area contributed by atoms with Gasteiger partial charge in [0.25, 0.3) is 5.92 Å². The Labute approximate surface area is 175 Å². The smallest absolute Gasteiger partial charge is 0.267 e. The van der Waals surface area contributed by atoms with Crippen molar-refractivity contribution in [1.29, 1.82) is 0 Å². The molecular weight excluding hydrogens is 392 g/mol. The summed E-state index contributed by atoms with van der Waals surface area (Å²) in [4.78, 5) is 36.2. The van der Waals surface area contributed by atoms with Gasteiger partial charge in [-0.15, -0.1) is 0 Å². The fraction of sp³-hybridized carbons (Fsp3) is 0.591. The SMILES string of the molecule is CCC(=O)CCCN1CCC(c2ccc(NC3CCC(=O)NC3=O)cc2)C(F)(F)C1. The molecule has 0 radical (unpaired) electrons. The van der Waals surface area contributed by atoms with E-state index in [-0.39, 0.29) is 30.6 Å². The standard InChI is InChI=1S/C22H29F2N3O3/c1-2-17(28)4-3-12-27-13-11-18(22(23,24)14-27)15-5-7-16(8-6-15)25-19-9-10-20(29)26-21(19)30/h5-8,18-19,25H,2-4,9-14H2,1H3,(H,26,29,30). The molecule has 2 atom stereocenters. The van der Waals surface area contributed by atoms with E-state index in [0.29, 0.717) is 56.4 Å². The number of nitrogens with one attached hydrogen (secondary N) is 2. The summed E-state index contributed by atoms with van der Waals surface area (Å²) >= 11 is 0. The van der Waals surface area contributed by atoms with E-state index < -0.39 is 17.9 Å². The lowest BCUT2D eigenvalue weighted by Crippen LogP contribution is -2.47. The van der Waals surface area contributed by atoms with E-state index in [0.717, 1.165) is 0 Å². The molecule has 0 spiro atoms. The lowest BCUT2D eigenvalue weighted by molar-refractivity contribution is -0.133. The maximum absolute atomic E-state index is 14.8. The van der Waals surface area contributed by atoms with Crippen LogP contribution in [0.1, 0.15) is 56.9 Å². The zero-order valence-corrected chi connectivity index (χ0v) is 17.3. The number of alkyl halides is 2. The van der Waals surface area contributed by atoms with Crippen molar-refractivity contribution in [3.8, 4) is 0 Å². The molecule has 1 aromatic rings. The highest BCUT2D eigenvalue weighted by molar-refractivity contribution is 6.01. The second-order valence-corrected chi connectivity index (χ2v) is 8.14. The van der Waals surface area contributed by atoms with Gasteiger partial charge < -0.3 is 5.32 Å². The van der Waals surface area contributed by atoms with Gasteiger partial charge in [0.2, 0.25) is 11.8 Å². The van der Waals surface area contributed by atoms with Gasteiger partial charge in [-0.25, -0.2) is 8.78 Å². The molecule has 2 N–H and O–H groups in total. The second kappa shape index (κ2) is 9.64. The fourth-order valence-corrected chi connectivity index (χ4v) is 4.13. The van der Waals surface area contributed by atoms with Crippen molar-refractivity contribution in [2.75, 3.05) is 25.0 Å². The number of carbonyl (C=O) groups excluding carboxylic acids is 3. The quantitative estimate of drug-likeness (QED) is 0.631. The molecule has 30 heavy (non-hydrogen) atoms. The van der Waals surface area contributed by atoms with Crippen LogP contribution in [0.5, 0.6) is 0 Å². The van der Waals surface area contributed by atoms with E-state index in [9.17, 15) is 23.2 Å². The van der Waals surface area contributed by atoms with Crippen molar-refractivity contribution in [1.82, 2.24) is 10.2 Å². The largest absolute Gasteiger partial charge is 0.374 e. The number of nitrogens with zero attached hydrogens (tertiary/aromatic N) is 1. The van der Waals surface area contributed by atoms with Gasteiger partial charge in [-0.05, 0) is 50.0 Å². The summed E-state index contributed by atoms with van der Waals surface area (Å²) in [5, 5.41) is 5.35. The van der Waals surface area contributed by atoms with Crippen LogP contribution >= 0.6 is 0 Å². The molecule has 0 aliphatic carbocycles. The number of likely N-dealkylation sites (tertiary alicyclic amines) is 1. The number of carbonyl (C=O) groups is 3. The number of halogens is 2. The fourth-order valence-electron chi connectivity index (χ4n) is 4.13. The number of hydrogen-bond acceptors (Lipinski definition) is 5. The molecule has 3 rings (SSSR count). The molecular formula is C22H29F2N3O3. The highest BCUT2D eigenvalue weighted by atomic mass is 19.3. The van der Waals surface area contributed by atoms with Crippen LogP contribution in [0.3, 0.4) is 0 Å². The number of ketones is 1. The van der Waals surface area contributed by atoms with E-state index in [2.05, 4.69) is 10.6 Å². The van der Waals surface area contributed by atoms with Gasteiger partial charge in [0.05, 0.1) is 12.5 Å². The van der Waals surface area contributed by atoms with Crippen molar-refractivity contribution in [3.05, 3.63) is 29.8 Å². The van der Waals surface area contributed by atoms with Gasteiger partial charge in [-0.1, -0.05) is 19.1 Å². The highest BCUT2D eigenvalue weighted by Crippen LogP contribution is 2.40. The number of amides is 2. The first-order valence-electron chi connectivity index (χ1n) is 10.6. The molecule has 2 amide bonds. The number of rotatable bonds is 8. The first-order chi connectivity index (χ1) is 14.3. The Hall–Kier alpha value is -2.35. The third-order valence-corrected chi connectivity index (χ3v) is 5.90. The molecule has 6 nitrogen and oxygen atoms in total. The Kier molecular flexibility index (Phi) is 7.18. The first kappa shape index (κ1) is 22.3. The van der Waals surface area contributed by atoms with Crippen LogP contribution in [-0.4, -0.2) is 54.1 Å². The average molecular weight is 421 g/mol. The minimum atomic E-state index is -2.84. The van der Waals surface area contributed by atoms with E-state index in [1.54, 1.807) is 29.2 Å². The van der Waals surface area contributed by atoms with Gasteiger partial charge in [0.15, 0.2) is 0 Å². The summed E-state index contributed by atoms with van der Waals surface area (Å²) in [7, 11) is 0. The van der Waals surface area contributed by atoms with Crippen LogP contribution in [0.2, 0.25) is 0 Å². The molecule has 0 aromatic heterocycles. The highest BCUT2D eigenvalue weighted by Gasteiger charge is 2.45. The van der Waals surface area contributed by atoms with Crippen molar-refractivity contribution in [2.24, 2.45) is 0 Å². The Balaban J connectivity index is 1.55. The van der Waals surface area contributed by atoms with E-state index >= 15 is 0 Å². The molecule has 0 bridgehead atoms. The summed E-state index contributed by atoms with van der Waals surface area (Å²) in [5.41, 5.74) is 1.24. The van der Waals surface area contributed by atoms with Gasteiger partial charge in [-0.3, -0.25) is 24.6 Å². The van der Waals surface area contributed by atoms with Gasteiger partial charge in [0.1, 0.15) is 11.8 Å². The lowest BCUT2D eigenvalue weighted by atomic mass is 9.86. The summed E-state index contributed by atoms with van der Waals surface area (Å²) in [5.74, 6) is -4.17. The van der Waals surface area contributed by atoms with Crippen molar-refractivity contribution >= 4 is 23.3 Å². The number of benzene rings is 1. The van der Waals surface area contributed by atoms with Gasteiger partial charge in [-0.2, -0.15) is 0 Å². The van der Waals surface area contributed by atoms with Crippen LogP contribution in [0.15, 0.2) is 24.3 Å². The Morgan fingerprint density at radius 2 is 1.97 bits per heavy atom. The molecule has 8 heteroatoms. The normalized spacial score (nSPS) is 24.4. The summed E-state index contributed by atoms with van der Waals surface area (Å²) in [6, 6.07) is 6.28. The van der Waals surface area contributed by atoms with Crippen LogP contribution in [-0.2, 0) is 14.4 Å². The Morgan fingerprint density at radius 3 is 2.60 bits per heavy atom. The molecule has 2 saturated heterocycles. The monoisotopic (exact) mass is 421 g/mol. The van der Waals surface area contributed by atoms with Crippen molar-refractivity contribution in [2.45, 2.75) is 63.3 Å². The van der Waals surface area contributed by atoms with E-state index in [4.69, 9.17) is 0 Å². The first-order valence-corrected chi connectivity index (χ1v) is 10.6. The number of piperidine rings is 2. The lowest BCUT2D eigenvalue weighted by Gasteiger charge is -2.38. The minimum Gasteiger partial charge on any atom is -0.374 e.